The monoisotopic (exact) mass is 1320 g/mol. The Kier molecular flexibility index (Phi) is 24.8. The molecule has 508 valence electrons. The first-order valence-electron chi connectivity index (χ1n) is 31.3. The largest absolute Gasteiger partial charge is 0.495 e. The number of carbonyl (C=O) groups is 10. The number of likely N-dealkylation sites (N-methyl/N-ethyl adjacent to an activating group) is 1. The predicted molar refractivity (Wildman–Crippen MR) is 343 cm³/mol. The number of hydrogen-bond acceptors (Lipinski definition) is 19. The number of alkyl carbamates (subject to hydrolysis) is 1. The molecule has 3 saturated heterocycles. The van der Waals surface area contributed by atoms with Crippen LogP contribution in [-0.4, -0.2) is 202 Å². The molecule has 2 aromatic rings. The number of nitrogens with two attached hydrogens (primary N) is 1. The average Bonchev–Trinajstić information content (AvgIpc) is 1.58. The van der Waals surface area contributed by atoms with Gasteiger partial charge in [0, 0.05) is 90.4 Å². The Balaban J connectivity index is 1.10. The lowest BCUT2D eigenvalue weighted by Crippen LogP contribution is -2.63. The van der Waals surface area contributed by atoms with Gasteiger partial charge in [0.2, 0.25) is 17.7 Å². The number of allylic oxidation sites excluding steroid dienone is 3. The summed E-state index contributed by atoms with van der Waals surface area (Å²) in [6, 6.07) is 5.08. The van der Waals surface area contributed by atoms with Gasteiger partial charge < -0.3 is 80.0 Å². The number of halogens is 1. The van der Waals surface area contributed by atoms with Crippen LogP contribution in [0, 0.1) is 11.8 Å². The molecule has 5 aliphatic rings. The van der Waals surface area contributed by atoms with Crippen LogP contribution in [-0.2, 0) is 63.7 Å². The van der Waals surface area contributed by atoms with Gasteiger partial charge in [-0.3, -0.25) is 39.0 Å². The maximum absolute atomic E-state index is 14.7. The van der Waals surface area contributed by atoms with E-state index in [4.69, 9.17) is 45.8 Å². The van der Waals surface area contributed by atoms with Gasteiger partial charge in [0.05, 0.1) is 56.0 Å². The Morgan fingerprint density at radius 1 is 1.00 bits per heavy atom. The van der Waals surface area contributed by atoms with E-state index in [9.17, 15) is 53.1 Å². The summed E-state index contributed by atoms with van der Waals surface area (Å²) < 4.78 is 35.5. The van der Waals surface area contributed by atoms with Crippen LogP contribution in [0.4, 0.5) is 26.7 Å². The molecule has 2 aromatic carbocycles. The number of unbranched alkanes of at least 4 members (excludes halogenated alkanes) is 2. The summed E-state index contributed by atoms with van der Waals surface area (Å²) in [5, 5.41) is 26.3. The van der Waals surface area contributed by atoms with Crippen molar-refractivity contribution in [1.82, 2.24) is 31.1 Å². The Bertz CT molecular complexity index is 3210. The summed E-state index contributed by atoms with van der Waals surface area (Å²) >= 11 is 6.89. The summed E-state index contributed by atoms with van der Waals surface area (Å²) in [6.45, 7) is 11.8. The fourth-order valence-electron chi connectivity index (χ4n) is 11.9. The topological polar surface area (TPSA) is 349 Å². The number of epoxide rings is 1. The van der Waals surface area contributed by atoms with Crippen molar-refractivity contribution in [3.05, 3.63) is 82.4 Å². The number of aliphatic hydroxyl groups is 1. The fourth-order valence-corrected chi connectivity index (χ4v) is 12.2. The van der Waals surface area contributed by atoms with Crippen LogP contribution in [0.1, 0.15) is 109 Å². The van der Waals surface area contributed by atoms with Crippen LogP contribution in [0.15, 0.2) is 66.3 Å². The van der Waals surface area contributed by atoms with E-state index in [0.29, 0.717) is 81.1 Å². The van der Waals surface area contributed by atoms with Gasteiger partial charge in [0.25, 0.3) is 17.7 Å². The number of carbonyl (C=O) groups excluding carboxylic acids is 10. The molecule has 0 radical (unpaired) electrons. The smallest absolute Gasteiger partial charge is 0.409 e. The van der Waals surface area contributed by atoms with Crippen molar-refractivity contribution < 1.29 is 81.5 Å². The maximum atomic E-state index is 14.7. The van der Waals surface area contributed by atoms with Gasteiger partial charge in [0.15, 0.2) is 5.72 Å². The molecule has 8 N–H and O–H groups in total. The highest BCUT2D eigenvalue weighted by Crippen LogP contribution is 2.49. The Hall–Kier alpha value is -7.95. The number of urea groups is 1. The van der Waals surface area contributed by atoms with Crippen molar-refractivity contribution in [3.8, 4) is 5.75 Å². The number of imide groups is 1. The Labute approximate surface area is 546 Å². The number of primary amides is 1. The quantitative estimate of drug-likeness (QED) is 0.0241. The van der Waals surface area contributed by atoms with Gasteiger partial charge >= 0.3 is 18.1 Å². The number of anilines is 3. The van der Waals surface area contributed by atoms with E-state index in [1.807, 2.05) is 17.9 Å². The van der Waals surface area contributed by atoms with E-state index >= 15 is 0 Å². The number of amides is 9. The summed E-state index contributed by atoms with van der Waals surface area (Å²) in [6.07, 6.45) is 4.90. The number of esters is 1. The van der Waals surface area contributed by atoms with Crippen molar-refractivity contribution in [3.63, 3.8) is 0 Å². The minimum Gasteiger partial charge on any atom is -0.495 e. The second-order valence-corrected chi connectivity index (χ2v) is 25.2. The van der Waals surface area contributed by atoms with Crippen molar-refractivity contribution in [2.45, 2.75) is 153 Å². The summed E-state index contributed by atoms with van der Waals surface area (Å²) in [5.41, 5.74) is 3.36. The lowest BCUT2D eigenvalue weighted by molar-refractivity contribution is -0.158. The number of hydrogen-bond donors (Lipinski definition) is 7. The number of fused-ring (bicyclic) bond motifs is 5. The predicted octanol–water partition coefficient (Wildman–Crippen LogP) is 4.21. The zero-order valence-corrected chi connectivity index (χ0v) is 55.3. The lowest BCUT2D eigenvalue weighted by Gasteiger charge is -2.42. The number of benzene rings is 2. The van der Waals surface area contributed by atoms with Crippen LogP contribution in [0.25, 0.3) is 0 Å². The molecule has 5 aliphatic heterocycles. The molecular weight excluding hydrogens is 1230 g/mol. The molecule has 0 saturated carbocycles. The Morgan fingerprint density at radius 2 is 1.71 bits per heavy atom. The van der Waals surface area contributed by atoms with Crippen molar-refractivity contribution >= 4 is 88.5 Å². The van der Waals surface area contributed by atoms with Crippen LogP contribution < -0.4 is 46.9 Å². The van der Waals surface area contributed by atoms with Gasteiger partial charge in [-0.25, -0.2) is 14.4 Å². The first-order valence-corrected chi connectivity index (χ1v) is 31.7. The summed E-state index contributed by atoms with van der Waals surface area (Å²) in [4.78, 5) is 139. The van der Waals surface area contributed by atoms with E-state index in [0.717, 1.165) is 16.0 Å². The first-order chi connectivity index (χ1) is 44.1. The molecule has 27 nitrogen and oxygen atoms in total. The lowest BCUT2D eigenvalue weighted by atomic mass is 9.83. The number of morpholine rings is 1. The second kappa shape index (κ2) is 31.8. The minimum absolute atomic E-state index is 0.0496. The maximum Gasteiger partial charge on any atom is 0.409 e. The highest BCUT2D eigenvalue weighted by Gasteiger charge is 2.64. The molecule has 10 atom stereocenters. The minimum atomic E-state index is -1.93. The fraction of sp³-hybridized carbons (Fsp3) is 0.569. The van der Waals surface area contributed by atoms with E-state index in [1.165, 1.54) is 63.3 Å². The van der Waals surface area contributed by atoms with Gasteiger partial charge in [-0.05, 0) is 94.7 Å². The number of nitrogens with one attached hydrogen (secondary N) is 5. The molecule has 0 spiro atoms. The second-order valence-electron chi connectivity index (χ2n) is 24.8. The molecule has 0 aliphatic carbocycles. The van der Waals surface area contributed by atoms with E-state index in [2.05, 4.69) is 26.6 Å². The van der Waals surface area contributed by atoms with Gasteiger partial charge in [-0.2, -0.15) is 0 Å². The molecule has 0 unspecified atom stereocenters. The van der Waals surface area contributed by atoms with Crippen molar-refractivity contribution in [1.29, 1.82) is 0 Å². The number of ether oxygens (including phenoxy) is 6. The van der Waals surface area contributed by atoms with Crippen LogP contribution >= 0.6 is 11.6 Å². The number of rotatable bonds is 25. The van der Waals surface area contributed by atoms with E-state index in [-0.39, 0.29) is 67.7 Å². The molecule has 93 heavy (non-hydrogen) atoms. The zero-order chi connectivity index (χ0) is 68.1. The first kappa shape index (κ1) is 72.5. The van der Waals surface area contributed by atoms with Gasteiger partial charge in [-0.15, -0.1) is 0 Å². The van der Waals surface area contributed by atoms with Crippen LogP contribution in [0.2, 0.25) is 5.02 Å². The molecule has 9 amide bonds. The number of methoxy groups -OCH3 is 2. The Morgan fingerprint density at radius 3 is 2.37 bits per heavy atom. The highest BCUT2D eigenvalue weighted by atomic mass is 35.5. The normalized spacial score (nSPS) is 25.5. The standard InChI is InChI=1S/C65H89ClN10O17/c1-38(2)64(37-77,71-52(78)19-12-11-13-25-76-53(79)22-23-54(76)80)36-69-45(17-15-24-68-61(67)85)58(82)70-44-21-20-43(33-46(44)75-26-28-90-29-27-75)59(83)73(7)41(5)60(84)92-51-34-55(81)74(8)47-31-42(32-48(88-9)56(47)66)30-39(3)16-14-18-50(89-10)65(87)35-49(91-62(86)72-65)40(4)57-63(51,6)93-57/h14,16,18,20-23,31-33,37-38,40-41,45,49-51,57,69,87H,11-13,15,17,19,24-30,34-36H2,1-10H3,(H,70,82)(H,71,78)(H,72,86)(H3,67,68,85)/b18-14+,39-16+/t40-,41+,45+,49+,50-,51+,57+,63+,64+,65+/m1/s1. The molecule has 5 heterocycles. The number of nitrogens with zero attached hydrogens (tertiary/aromatic N) is 4. The highest BCUT2D eigenvalue weighted by molar-refractivity contribution is 6.35. The molecule has 28 heteroatoms. The molecule has 0 aromatic heterocycles. The average molecular weight is 1320 g/mol. The molecular formula is C65H89ClN10O17. The van der Waals surface area contributed by atoms with Gasteiger partial charge in [-0.1, -0.05) is 62.6 Å². The van der Waals surface area contributed by atoms with E-state index in [1.54, 1.807) is 64.1 Å². The molecule has 7 rings (SSSR count). The number of aldehydes is 1. The van der Waals surface area contributed by atoms with Gasteiger partial charge in [0.1, 0.15) is 52.6 Å². The van der Waals surface area contributed by atoms with E-state index < -0.39 is 113 Å². The zero-order valence-electron chi connectivity index (χ0n) is 54.5. The van der Waals surface area contributed by atoms with Crippen molar-refractivity contribution in [2.24, 2.45) is 17.6 Å². The summed E-state index contributed by atoms with van der Waals surface area (Å²) in [5.74, 6) is -4.58. The third kappa shape index (κ3) is 17.8. The van der Waals surface area contributed by atoms with Crippen molar-refractivity contribution in [2.75, 3.05) is 89.4 Å². The SMILES string of the molecule is COc1cc2cc(c1Cl)N(C)C(=O)C[C@H](OC(=O)[C@H](C)N(C)C(=O)c1ccc(NC(=O)[C@H](CCCNC(N)=O)NC[C@@](C=O)(NC(=O)CCCCCN3C(=O)C=CC3=O)C(C)C)c(N3CCOCC3)c1)[C@]1(C)O[C@H]1[C@H](C)[C@@H]1C[C@@](O)(NC(=O)O1)[C@H](OC)/C=C/C=C(\C)C2. The van der Waals surface area contributed by atoms with Crippen LogP contribution in [0.3, 0.4) is 0 Å². The third-order valence-corrected chi connectivity index (χ3v) is 18.4. The molecule has 3 fully saturated rings. The third-order valence-electron chi connectivity index (χ3n) is 18.0. The molecule has 4 bridgehead atoms. The van der Waals surface area contributed by atoms with Crippen LogP contribution in [0.5, 0.6) is 5.75 Å². The summed E-state index contributed by atoms with van der Waals surface area (Å²) in [7, 11) is 5.81.